The van der Waals surface area contributed by atoms with Crippen LogP contribution in [0.4, 0.5) is 0 Å². The van der Waals surface area contributed by atoms with Crippen LogP contribution in [-0.2, 0) is 47.9 Å². The number of rotatable bonds is 40. The normalized spacial score (nSPS) is 15.0. The van der Waals surface area contributed by atoms with Crippen LogP contribution in [0, 0.1) is 0 Å². The molecule has 0 unspecified atom stereocenters. The molecule has 10 amide bonds. The fourth-order valence-corrected chi connectivity index (χ4v) is 8.52. The summed E-state index contributed by atoms with van der Waals surface area (Å²) in [5.74, 6) is -6.53. The summed E-state index contributed by atoms with van der Waals surface area (Å²) in [6.45, 7) is 21.0. The highest BCUT2D eigenvalue weighted by molar-refractivity contribution is 5.94. The average molecular weight is 1160 g/mol. The molecule has 0 heterocycles. The molecule has 25 heteroatoms. The summed E-state index contributed by atoms with van der Waals surface area (Å²) >= 11 is 0. The molecule has 0 aliphatic carbocycles. The van der Waals surface area contributed by atoms with Crippen molar-refractivity contribution in [1.29, 1.82) is 0 Å². The van der Waals surface area contributed by atoms with Crippen molar-refractivity contribution in [2.24, 2.45) is 5.73 Å². The smallest absolute Gasteiger partial charge is 0.242 e. The largest absolute Gasteiger partial charge is 0.392 e. The third-order valence-electron chi connectivity index (χ3n) is 14.6. The first-order chi connectivity index (χ1) is 37.7. The van der Waals surface area contributed by atoms with Crippen molar-refractivity contribution in [2.45, 2.75) is 210 Å². The molecule has 0 aromatic carbocycles. The minimum atomic E-state index is -1.17. The fourth-order valence-electron chi connectivity index (χ4n) is 8.52. The predicted molar refractivity (Wildman–Crippen MR) is 307 cm³/mol. The lowest BCUT2D eigenvalue weighted by molar-refractivity contribution is -0.152. The third kappa shape index (κ3) is 27.4. The number of carbonyl (C=O) groups is 10. The molecule has 0 aliphatic heterocycles. The van der Waals surface area contributed by atoms with Gasteiger partial charge in [-0.15, -0.1) is 0 Å². The van der Waals surface area contributed by atoms with Crippen LogP contribution in [0.1, 0.15) is 149 Å². The molecule has 0 saturated carbocycles. The van der Waals surface area contributed by atoms with Crippen LogP contribution in [0.15, 0.2) is 0 Å². The van der Waals surface area contributed by atoms with Gasteiger partial charge in [-0.25, -0.2) is 0 Å². The predicted octanol–water partition coefficient (Wildman–Crippen LogP) is -0.167. The van der Waals surface area contributed by atoms with Crippen molar-refractivity contribution < 1.29 is 68.4 Å². The fraction of sp³-hybridized carbons (Fsp3) is 0.821. The summed E-state index contributed by atoms with van der Waals surface area (Å²) in [6.07, 6.45) is -1.60. The maximum absolute atomic E-state index is 14.5. The molecule has 0 spiro atoms. The molecular formula is C56H105N11O14. The summed E-state index contributed by atoms with van der Waals surface area (Å²) in [5, 5.41) is 45.2. The molecule has 10 atom stereocenters. The molecule has 0 fully saturated rings. The van der Waals surface area contributed by atoms with Gasteiger partial charge in [0.1, 0.15) is 26.2 Å². The molecule has 0 rings (SSSR count). The van der Waals surface area contributed by atoms with Crippen molar-refractivity contribution in [3.05, 3.63) is 0 Å². The quantitative estimate of drug-likeness (QED) is 0.0464. The molecule has 0 aromatic rings. The first-order valence-corrected chi connectivity index (χ1v) is 29.1. The second-order valence-corrected chi connectivity index (χ2v) is 22.0. The van der Waals surface area contributed by atoms with E-state index in [-0.39, 0.29) is 69.8 Å². The lowest BCUT2D eigenvalue weighted by Gasteiger charge is -2.36. The zero-order valence-electron chi connectivity index (χ0n) is 51.9. The molecule has 81 heavy (non-hydrogen) atoms. The van der Waals surface area contributed by atoms with Gasteiger partial charge in [-0.3, -0.25) is 47.9 Å². The van der Waals surface area contributed by atoms with E-state index in [1.807, 2.05) is 27.7 Å². The van der Waals surface area contributed by atoms with Crippen molar-refractivity contribution in [3.8, 4) is 0 Å². The Kier molecular flexibility index (Phi) is 35.7. The van der Waals surface area contributed by atoms with Crippen LogP contribution in [0.25, 0.3) is 0 Å². The van der Waals surface area contributed by atoms with E-state index in [2.05, 4.69) is 5.32 Å². The van der Waals surface area contributed by atoms with Crippen LogP contribution >= 0.6 is 0 Å². The van der Waals surface area contributed by atoms with E-state index in [9.17, 15) is 68.4 Å². The minimum Gasteiger partial charge on any atom is -0.392 e. The zero-order chi connectivity index (χ0) is 62.6. The molecule has 0 bridgehead atoms. The number of nitrogens with two attached hydrogens (primary N) is 1. The number of aliphatic hydroxyl groups is 4. The molecule has 0 saturated heterocycles. The van der Waals surface area contributed by atoms with Gasteiger partial charge in [0.2, 0.25) is 59.1 Å². The monoisotopic (exact) mass is 1160 g/mol. The number of nitrogens with one attached hydrogen (secondary N) is 1. The van der Waals surface area contributed by atoms with Gasteiger partial charge >= 0.3 is 0 Å². The number of carbonyl (C=O) groups excluding carboxylic acids is 10. The van der Waals surface area contributed by atoms with Gasteiger partial charge in [0.15, 0.2) is 0 Å². The lowest BCUT2D eigenvalue weighted by Crippen LogP contribution is -2.56. The molecule has 7 N–H and O–H groups in total. The van der Waals surface area contributed by atoms with Gasteiger partial charge in [0.25, 0.3) is 0 Å². The van der Waals surface area contributed by atoms with E-state index in [0.717, 1.165) is 26.0 Å². The minimum absolute atomic E-state index is 0.0168. The summed E-state index contributed by atoms with van der Waals surface area (Å²) in [6, 6.07) is -2.37. The van der Waals surface area contributed by atoms with Gasteiger partial charge in [0, 0.05) is 62.4 Å². The number of hydrogen-bond donors (Lipinski definition) is 6. The second kappa shape index (κ2) is 38.3. The number of hydrogen-bond acceptors (Lipinski definition) is 15. The summed E-state index contributed by atoms with van der Waals surface area (Å²) < 4.78 is 0. The van der Waals surface area contributed by atoms with Gasteiger partial charge in [0.05, 0.1) is 63.7 Å². The van der Waals surface area contributed by atoms with Gasteiger partial charge in [-0.2, -0.15) is 0 Å². The number of aliphatic hydroxyl groups excluding tert-OH is 4. The lowest BCUT2D eigenvalue weighted by atomic mass is 10.1. The van der Waals surface area contributed by atoms with E-state index in [4.69, 9.17) is 5.73 Å². The van der Waals surface area contributed by atoms with Gasteiger partial charge in [-0.1, -0.05) is 41.5 Å². The van der Waals surface area contributed by atoms with E-state index < -0.39 is 142 Å². The number of nitrogens with zero attached hydrogens (tertiary/aromatic N) is 9. The molecule has 468 valence electrons. The summed E-state index contributed by atoms with van der Waals surface area (Å²) in [7, 11) is 0. The van der Waals surface area contributed by atoms with E-state index in [1.54, 1.807) is 55.4 Å². The highest BCUT2D eigenvalue weighted by Gasteiger charge is 2.35. The number of primary amides is 1. The summed E-state index contributed by atoms with van der Waals surface area (Å²) in [4.78, 5) is 149. The summed E-state index contributed by atoms with van der Waals surface area (Å²) in [5.41, 5.74) is 5.44. The maximum Gasteiger partial charge on any atom is 0.242 e. The molecule has 0 radical (unpaired) electrons. The van der Waals surface area contributed by atoms with Crippen LogP contribution < -0.4 is 11.1 Å². The van der Waals surface area contributed by atoms with Crippen molar-refractivity contribution >= 4 is 59.1 Å². The van der Waals surface area contributed by atoms with E-state index in [1.165, 1.54) is 52.2 Å². The molecule has 25 nitrogen and oxygen atoms in total. The standard InChI is InChI=1S/C56H105N11O14/c1-17-37(7)58-23-48(73)64(39(9)19-3)33-51(76)59(24-43(13)68)29-49(74)62(27-46(16)71)32-54(79)67(42(12)22-6)36-56(81)65(40(10)20-4)34-52(77)60(25-44(14)69)30-50(75)61(26-45(15)70)31-53(78)66(41(11)21-5)35-55(80)63(28-47(57)72)38(8)18-2/h37-46,58,68-71H,17-36H2,1-16H3,(H2,57,72)/t37-,38+,39+,40+,41-,42-,43-,44-,45+,46+/m0/s1. The Morgan fingerprint density at radius 1 is 0.321 bits per heavy atom. The Hall–Kier alpha value is -5.50. The van der Waals surface area contributed by atoms with Crippen LogP contribution in [0.5, 0.6) is 0 Å². The molecule has 0 aromatic heterocycles. The van der Waals surface area contributed by atoms with Crippen molar-refractivity contribution in [3.63, 3.8) is 0 Å². The number of amides is 10. The highest BCUT2D eigenvalue weighted by Crippen LogP contribution is 2.15. The first kappa shape index (κ1) is 75.5. The van der Waals surface area contributed by atoms with Crippen molar-refractivity contribution in [1.82, 2.24) is 49.4 Å². The Balaban J connectivity index is 6.88. The average Bonchev–Trinajstić information content (AvgIpc) is 3.39. The first-order valence-electron chi connectivity index (χ1n) is 29.1. The van der Waals surface area contributed by atoms with Gasteiger partial charge < -0.3 is 75.6 Å². The Morgan fingerprint density at radius 3 is 0.765 bits per heavy atom. The SMILES string of the molecule is CC[C@@H](C)N(CC(N)=O)C(=O)CN(C(=O)CN(C[C@@H](C)O)C(=O)CN(C[C@H](C)O)C(=O)CN(C(=O)CN(C(=O)CN(C[C@@H](C)O)C(=O)CN(C[C@H](C)O)C(=O)CN(C(=O)CN[C@@H](C)CC)[C@H](C)CC)[C@@H](C)CC)[C@H](C)CC)[C@@H](C)CC. The molecule has 0 aliphatic rings. The topological polar surface area (TPSA) is 319 Å². The van der Waals surface area contributed by atoms with Gasteiger partial charge in [-0.05, 0) is 108 Å². The van der Waals surface area contributed by atoms with Crippen LogP contribution in [0.3, 0.4) is 0 Å². The molecular weight excluding hydrogens is 1050 g/mol. The van der Waals surface area contributed by atoms with E-state index in [0.29, 0.717) is 32.1 Å². The highest BCUT2D eigenvalue weighted by atomic mass is 16.3. The Labute approximate surface area is 482 Å². The third-order valence-corrected chi connectivity index (χ3v) is 14.6. The second-order valence-electron chi connectivity index (χ2n) is 22.0. The Morgan fingerprint density at radius 2 is 0.531 bits per heavy atom. The van der Waals surface area contributed by atoms with Crippen LogP contribution in [0.2, 0.25) is 0 Å². The maximum atomic E-state index is 14.5. The Bertz CT molecular complexity index is 2010. The van der Waals surface area contributed by atoms with E-state index >= 15 is 0 Å². The van der Waals surface area contributed by atoms with Crippen molar-refractivity contribution in [2.75, 3.05) is 91.6 Å². The zero-order valence-corrected chi connectivity index (χ0v) is 51.9. The van der Waals surface area contributed by atoms with Crippen LogP contribution in [-0.4, -0.2) is 276 Å².